The van der Waals surface area contributed by atoms with Gasteiger partial charge < -0.3 is 15.8 Å². The van der Waals surface area contributed by atoms with Crippen LogP contribution in [0.4, 0.5) is 5.95 Å². The molecule has 3 aromatic rings. The topological polar surface area (TPSA) is 95.1 Å². The van der Waals surface area contributed by atoms with Crippen molar-refractivity contribution in [3.8, 4) is 17.1 Å². The first kappa shape index (κ1) is 17.8. The summed E-state index contributed by atoms with van der Waals surface area (Å²) in [7, 11) is 1.60. The Morgan fingerprint density at radius 2 is 1.86 bits per heavy atom. The van der Waals surface area contributed by atoms with Crippen molar-refractivity contribution in [1.82, 2.24) is 14.8 Å². The number of methoxy groups -OCH3 is 1. The van der Waals surface area contributed by atoms with Crippen LogP contribution in [0.3, 0.4) is 0 Å². The van der Waals surface area contributed by atoms with Crippen LogP contribution in [0, 0.1) is 6.92 Å². The fraction of sp³-hybridized carbons (Fsp3) is 0.190. The maximum atomic E-state index is 12.3. The van der Waals surface area contributed by atoms with Crippen molar-refractivity contribution in [2.45, 2.75) is 19.9 Å². The third kappa shape index (κ3) is 2.90. The van der Waals surface area contributed by atoms with Gasteiger partial charge in [-0.2, -0.15) is 4.98 Å². The molecule has 0 saturated carbocycles. The number of fused-ring (bicyclic) bond motifs is 1. The molecule has 1 aliphatic heterocycles. The van der Waals surface area contributed by atoms with Crippen molar-refractivity contribution in [3.05, 3.63) is 70.9 Å². The van der Waals surface area contributed by atoms with Crippen LogP contribution in [-0.2, 0) is 4.79 Å². The number of carbonyl (C=O) groups excluding carboxylic acids is 1. The van der Waals surface area contributed by atoms with Gasteiger partial charge in [-0.05, 0) is 19.9 Å². The van der Waals surface area contributed by atoms with E-state index >= 15 is 0 Å². The smallest absolute Gasteiger partial charge is 0.248 e. The molecule has 1 atom stereocenters. The van der Waals surface area contributed by atoms with E-state index in [-0.39, 0.29) is 0 Å². The average molecular weight is 375 g/mol. The summed E-state index contributed by atoms with van der Waals surface area (Å²) in [6.07, 6.45) is 0. The lowest BCUT2D eigenvalue weighted by molar-refractivity contribution is -0.115. The van der Waals surface area contributed by atoms with Crippen LogP contribution in [0.25, 0.3) is 11.4 Å². The van der Waals surface area contributed by atoms with Gasteiger partial charge in [0.2, 0.25) is 11.9 Å². The summed E-state index contributed by atoms with van der Waals surface area (Å²) in [6.45, 7) is 3.84. The molecule has 0 fully saturated rings. The first-order chi connectivity index (χ1) is 13.5. The van der Waals surface area contributed by atoms with Crippen LogP contribution in [-0.4, -0.2) is 27.8 Å². The van der Waals surface area contributed by atoms with Gasteiger partial charge in [0.15, 0.2) is 5.82 Å². The highest BCUT2D eigenvalue weighted by Crippen LogP contribution is 2.39. The van der Waals surface area contributed by atoms with E-state index in [1.165, 1.54) is 0 Å². The number of allylic oxidation sites excluding steroid dienone is 1. The van der Waals surface area contributed by atoms with Crippen LogP contribution >= 0.6 is 0 Å². The number of nitrogens with two attached hydrogens (primary N) is 1. The number of nitrogens with one attached hydrogen (secondary N) is 1. The second-order valence-electron chi connectivity index (χ2n) is 6.74. The van der Waals surface area contributed by atoms with Crippen molar-refractivity contribution in [3.63, 3.8) is 0 Å². The third-order valence-corrected chi connectivity index (χ3v) is 4.86. The fourth-order valence-electron chi connectivity index (χ4n) is 3.47. The summed E-state index contributed by atoms with van der Waals surface area (Å²) < 4.78 is 7.22. The average Bonchev–Trinajstić information content (AvgIpc) is 3.10. The van der Waals surface area contributed by atoms with Gasteiger partial charge in [-0.15, -0.1) is 5.10 Å². The van der Waals surface area contributed by atoms with Crippen molar-refractivity contribution in [2.24, 2.45) is 5.73 Å². The Morgan fingerprint density at radius 1 is 1.14 bits per heavy atom. The largest absolute Gasteiger partial charge is 0.496 e. The van der Waals surface area contributed by atoms with E-state index in [1.54, 1.807) is 11.8 Å². The Kier molecular flexibility index (Phi) is 4.35. The van der Waals surface area contributed by atoms with E-state index in [0.717, 1.165) is 16.7 Å². The number of carbonyl (C=O) groups is 1. The minimum atomic E-state index is -0.531. The Morgan fingerprint density at radius 3 is 2.54 bits per heavy atom. The molecule has 2 aromatic carbocycles. The zero-order valence-electron chi connectivity index (χ0n) is 15.9. The van der Waals surface area contributed by atoms with Gasteiger partial charge in [0.25, 0.3) is 0 Å². The lowest BCUT2D eigenvalue weighted by atomic mass is 9.94. The minimum Gasteiger partial charge on any atom is -0.496 e. The number of ether oxygens (including phenoxy) is 1. The minimum absolute atomic E-state index is 0.428. The molecule has 4 rings (SSSR count). The first-order valence-corrected chi connectivity index (χ1v) is 8.93. The second kappa shape index (κ2) is 6.84. The van der Waals surface area contributed by atoms with Gasteiger partial charge >= 0.3 is 0 Å². The zero-order valence-corrected chi connectivity index (χ0v) is 15.9. The van der Waals surface area contributed by atoms with Gasteiger partial charge in [-0.3, -0.25) is 4.79 Å². The number of benzene rings is 2. The third-order valence-electron chi connectivity index (χ3n) is 4.86. The normalized spacial score (nSPS) is 15.8. The molecule has 7 heteroatoms. The lowest BCUT2D eigenvalue weighted by Crippen LogP contribution is -2.32. The van der Waals surface area contributed by atoms with Gasteiger partial charge in [0.05, 0.1) is 12.7 Å². The molecule has 1 amide bonds. The first-order valence-electron chi connectivity index (χ1n) is 8.93. The summed E-state index contributed by atoms with van der Waals surface area (Å²) >= 11 is 0. The predicted molar refractivity (Wildman–Crippen MR) is 107 cm³/mol. The molecule has 142 valence electrons. The molecule has 0 saturated heterocycles. The highest BCUT2D eigenvalue weighted by Gasteiger charge is 2.34. The number of para-hydroxylation sites is 1. The molecule has 0 radical (unpaired) electrons. The summed E-state index contributed by atoms with van der Waals surface area (Å²) in [5.41, 5.74) is 9.66. The summed E-state index contributed by atoms with van der Waals surface area (Å²) in [5, 5.41) is 7.85. The zero-order chi connectivity index (χ0) is 19.8. The number of nitrogens with zero attached hydrogens (tertiary/aromatic N) is 3. The van der Waals surface area contributed by atoms with Crippen molar-refractivity contribution >= 4 is 11.9 Å². The number of hydrogen-bond donors (Lipinski definition) is 2. The Labute approximate surface area is 162 Å². The van der Waals surface area contributed by atoms with Crippen LogP contribution < -0.4 is 15.8 Å². The summed E-state index contributed by atoms with van der Waals surface area (Å²) in [6, 6.07) is 15.0. The highest BCUT2D eigenvalue weighted by molar-refractivity contribution is 5.95. The monoisotopic (exact) mass is 375 g/mol. The summed E-state index contributed by atoms with van der Waals surface area (Å²) in [4.78, 5) is 16.9. The van der Waals surface area contributed by atoms with Crippen molar-refractivity contribution in [1.29, 1.82) is 0 Å². The number of amides is 1. The number of primary amides is 1. The van der Waals surface area contributed by atoms with E-state index in [1.807, 2.05) is 62.4 Å². The molecular formula is C21H21N5O2. The molecule has 0 spiro atoms. The van der Waals surface area contributed by atoms with E-state index in [2.05, 4.69) is 10.3 Å². The molecule has 0 aliphatic carbocycles. The maximum absolute atomic E-state index is 12.3. The quantitative estimate of drug-likeness (QED) is 0.731. The maximum Gasteiger partial charge on any atom is 0.248 e. The standard InChI is InChI=1S/C21H21N5O2/c1-12-8-10-14(11-9-12)20-24-21-23-13(2)17(19(22)27)18(26(21)25-20)15-6-4-5-7-16(15)28-3/h4-11,18H,1-3H3,(H2,22,27)(H,23,24,25). The van der Waals surface area contributed by atoms with Gasteiger partial charge in [0, 0.05) is 16.8 Å². The van der Waals surface area contributed by atoms with Gasteiger partial charge in [-0.1, -0.05) is 48.0 Å². The molecular weight excluding hydrogens is 354 g/mol. The number of hydrogen-bond acceptors (Lipinski definition) is 5. The second-order valence-corrected chi connectivity index (χ2v) is 6.74. The van der Waals surface area contributed by atoms with Crippen LogP contribution in [0.2, 0.25) is 0 Å². The molecule has 1 unspecified atom stereocenters. The van der Waals surface area contributed by atoms with Crippen LogP contribution in [0.15, 0.2) is 59.8 Å². The number of rotatable bonds is 4. The summed E-state index contributed by atoms with van der Waals surface area (Å²) in [5.74, 6) is 1.26. The Balaban J connectivity index is 1.90. The van der Waals surface area contributed by atoms with Crippen molar-refractivity contribution < 1.29 is 9.53 Å². The molecule has 3 N–H and O–H groups in total. The molecule has 1 aromatic heterocycles. The van der Waals surface area contributed by atoms with Gasteiger partial charge in [-0.25, -0.2) is 4.68 Å². The number of anilines is 1. The fourth-order valence-corrected chi connectivity index (χ4v) is 3.47. The van der Waals surface area contributed by atoms with E-state index in [4.69, 9.17) is 15.6 Å². The van der Waals surface area contributed by atoms with Crippen LogP contribution in [0.5, 0.6) is 5.75 Å². The Bertz CT molecular complexity index is 1080. The molecule has 1 aliphatic rings. The van der Waals surface area contributed by atoms with Crippen molar-refractivity contribution in [2.75, 3.05) is 12.4 Å². The number of aromatic nitrogens is 3. The van der Waals surface area contributed by atoms with Gasteiger partial charge in [0.1, 0.15) is 11.8 Å². The van der Waals surface area contributed by atoms with E-state index in [9.17, 15) is 4.79 Å². The van der Waals surface area contributed by atoms with Crippen LogP contribution in [0.1, 0.15) is 24.1 Å². The van der Waals surface area contributed by atoms with E-state index < -0.39 is 11.9 Å². The number of aryl methyl sites for hydroxylation is 1. The van der Waals surface area contributed by atoms with E-state index in [0.29, 0.717) is 28.8 Å². The molecule has 7 nitrogen and oxygen atoms in total. The highest BCUT2D eigenvalue weighted by atomic mass is 16.5. The molecule has 2 heterocycles. The predicted octanol–water partition coefficient (Wildman–Crippen LogP) is 3.04. The molecule has 28 heavy (non-hydrogen) atoms. The SMILES string of the molecule is COc1ccccc1C1C(C(N)=O)=C(C)Nc2nc(-c3ccc(C)cc3)nn21. The molecule has 0 bridgehead atoms. The lowest BCUT2D eigenvalue weighted by Gasteiger charge is -2.28. The Hall–Kier alpha value is -3.61.